The Balaban J connectivity index is 2.01. The molecule has 1 saturated carbocycles. The summed E-state index contributed by atoms with van der Waals surface area (Å²) in [6, 6.07) is 9.48. The molecule has 0 amide bonds. The van der Waals surface area contributed by atoms with Crippen LogP contribution in [0.2, 0.25) is 5.02 Å². The van der Waals surface area contributed by atoms with Crippen LogP contribution in [0.4, 0.5) is 5.82 Å². The van der Waals surface area contributed by atoms with Crippen LogP contribution in [0.25, 0.3) is 11.4 Å². The van der Waals surface area contributed by atoms with E-state index in [-0.39, 0.29) is 0 Å². The van der Waals surface area contributed by atoms with Crippen molar-refractivity contribution in [2.45, 2.75) is 31.6 Å². The van der Waals surface area contributed by atoms with Gasteiger partial charge in [-0.1, -0.05) is 36.6 Å². The Morgan fingerprint density at radius 2 is 1.89 bits per heavy atom. The van der Waals surface area contributed by atoms with Gasteiger partial charge in [-0.15, -0.1) is 0 Å². The molecule has 1 aromatic heterocycles. The highest BCUT2D eigenvalue weighted by atomic mass is 35.5. The number of nitrogens with two attached hydrogens (primary N) is 1. The van der Waals surface area contributed by atoms with Crippen LogP contribution < -0.4 is 5.73 Å². The first-order valence-electron chi connectivity index (χ1n) is 6.63. The Morgan fingerprint density at radius 1 is 1.11 bits per heavy atom. The Bertz CT molecular complexity index is 592. The molecule has 0 radical (unpaired) electrons. The molecule has 0 aliphatic heterocycles. The second-order valence-corrected chi connectivity index (χ2v) is 5.47. The number of nitrogen functional groups attached to an aromatic ring is 1. The normalized spacial score (nSPS) is 15.8. The minimum atomic E-state index is 0.531. The molecular formula is C15H16ClN3. The van der Waals surface area contributed by atoms with E-state index >= 15 is 0 Å². The summed E-state index contributed by atoms with van der Waals surface area (Å²) in [4.78, 5) is 9.00. The number of rotatable bonds is 2. The quantitative estimate of drug-likeness (QED) is 0.898. The summed E-state index contributed by atoms with van der Waals surface area (Å²) < 4.78 is 0. The van der Waals surface area contributed by atoms with E-state index in [1.165, 1.54) is 25.7 Å². The van der Waals surface area contributed by atoms with Gasteiger partial charge in [0.1, 0.15) is 5.82 Å². The molecule has 0 bridgehead atoms. The molecule has 0 saturated heterocycles. The van der Waals surface area contributed by atoms with Gasteiger partial charge in [0.05, 0.1) is 0 Å². The summed E-state index contributed by atoms with van der Waals surface area (Å²) in [6.07, 6.45) is 4.96. The Hall–Kier alpha value is -1.61. The van der Waals surface area contributed by atoms with E-state index in [1.54, 1.807) is 0 Å². The summed E-state index contributed by atoms with van der Waals surface area (Å²) >= 11 is 6.01. The lowest BCUT2D eigenvalue weighted by atomic mass is 10.0. The predicted octanol–water partition coefficient (Wildman–Crippen LogP) is 4.04. The zero-order valence-electron chi connectivity index (χ0n) is 10.6. The van der Waals surface area contributed by atoms with Crippen molar-refractivity contribution in [3.8, 4) is 11.4 Å². The zero-order valence-corrected chi connectivity index (χ0v) is 11.4. The number of halogens is 1. The van der Waals surface area contributed by atoms with Crippen molar-refractivity contribution in [1.82, 2.24) is 9.97 Å². The van der Waals surface area contributed by atoms with Crippen molar-refractivity contribution in [1.29, 1.82) is 0 Å². The lowest BCUT2D eigenvalue weighted by Crippen LogP contribution is -2.03. The highest BCUT2D eigenvalue weighted by Gasteiger charge is 2.19. The van der Waals surface area contributed by atoms with Gasteiger partial charge >= 0.3 is 0 Å². The molecule has 3 rings (SSSR count). The standard InChI is InChI=1S/C15H16ClN3/c16-12-7-3-6-11(8-12)15-18-13(9-14(17)19-15)10-4-1-2-5-10/h3,6-10H,1-2,4-5H2,(H2,17,18,19). The van der Waals surface area contributed by atoms with Gasteiger partial charge in [-0.25, -0.2) is 9.97 Å². The van der Waals surface area contributed by atoms with Crippen LogP contribution in [0.5, 0.6) is 0 Å². The smallest absolute Gasteiger partial charge is 0.161 e. The fourth-order valence-electron chi connectivity index (χ4n) is 2.67. The fraction of sp³-hybridized carbons (Fsp3) is 0.333. The van der Waals surface area contributed by atoms with Gasteiger partial charge in [-0.2, -0.15) is 0 Å². The van der Waals surface area contributed by atoms with E-state index in [1.807, 2.05) is 30.3 Å². The van der Waals surface area contributed by atoms with Gasteiger partial charge in [0.15, 0.2) is 5.82 Å². The molecule has 1 aromatic carbocycles. The maximum atomic E-state index is 6.01. The number of anilines is 1. The highest BCUT2D eigenvalue weighted by molar-refractivity contribution is 6.30. The number of nitrogens with zero attached hydrogens (tertiary/aromatic N) is 2. The van der Waals surface area contributed by atoms with Crippen LogP contribution in [-0.2, 0) is 0 Å². The van der Waals surface area contributed by atoms with Crippen LogP contribution in [-0.4, -0.2) is 9.97 Å². The maximum Gasteiger partial charge on any atom is 0.161 e. The molecule has 1 aliphatic rings. The molecule has 2 N–H and O–H groups in total. The molecule has 0 spiro atoms. The second-order valence-electron chi connectivity index (χ2n) is 5.03. The molecule has 2 aromatic rings. The minimum Gasteiger partial charge on any atom is -0.384 e. The molecule has 1 aliphatic carbocycles. The van der Waals surface area contributed by atoms with Crippen LogP contribution in [0, 0.1) is 0 Å². The lowest BCUT2D eigenvalue weighted by molar-refractivity contribution is 0.696. The first-order valence-corrected chi connectivity index (χ1v) is 7.00. The lowest BCUT2D eigenvalue weighted by Gasteiger charge is -2.11. The Kier molecular flexibility index (Phi) is 3.38. The first kappa shape index (κ1) is 12.4. The van der Waals surface area contributed by atoms with Crippen LogP contribution in [0.1, 0.15) is 37.3 Å². The summed E-state index contributed by atoms with van der Waals surface area (Å²) in [5.41, 5.74) is 7.90. The van der Waals surface area contributed by atoms with E-state index in [4.69, 9.17) is 17.3 Å². The van der Waals surface area contributed by atoms with Crippen molar-refractivity contribution in [2.24, 2.45) is 0 Å². The third-order valence-corrected chi connectivity index (χ3v) is 3.86. The van der Waals surface area contributed by atoms with Gasteiger partial charge in [0.25, 0.3) is 0 Å². The van der Waals surface area contributed by atoms with E-state index < -0.39 is 0 Å². The van der Waals surface area contributed by atoms with E-state index in [0.717, 1.165) is 11.3 Å². The summed E-state index contributed by atoms with van der Waals surface area (Å²) in [5, 5.41) is 0.686. The maximum absolute atomic E-state index is 6.01. The molecule has 1 fully saturated rings. The number of aromatic nitrogens is 2. The van der Waals surface area contributed by atoms with Crippen molar-refractivity contribution in [3.63, 3.8) is 0 Å². The molecule has 1 heterocycles. The zero-order chi connectivity index (χ0) is 13.2. The molecule has 0 atom stereocenters. The average molecular weight is 274 g/mol. The molecular weight excluding hydrogens is 258 g/mol. The van der Waals surface area contributed by atoms with Gasteiger partial charge < -0.3 is 5.73 Å². The van der Waals surface area contributed by atoms with Crippen molar-refractivity contribution in [3.05, 3.63) is 41.0 Å². The Labute approximate surface area is 117 Å². The highest BCUT2D eigenvalue weighted by Crippen LogP contribution is 2.34. The largest absolute Gasteiger partial charge is 0.384 e. The Morgan fingerprint density at radius 3 is 2.63 bits per heavy atom. The first-order chi connectivity index (χ1) is 9.22. The molecule has 98 valence electrons. The predicted molar refractivity (Wildman–Crippen MR) is 78.1 cm³/mol. The third-order valence-electron chi connectivity index (χ3n) is 3.62. The van der Waals surface area contributed by atoms with Crippen LogP contribution in [0.3, 0.4) is 0 Å². The molecule has 3 nitrogen and oxygen atoms in total. The minimum absolute atomic E-state index is 0.531. The van der Waals surface area contributed by atoms with E-state index in [0.29, 0.717) is 22.6 Å². The van der Waals surface area contributed by atoms with Gasteiger partial charge in [0, 0.05) is 28.3 Å². The second kappa shape index (κ2) is 5.17. The van der Waals surface area contributed by atoms with Gasteiger partial charge in [-0.3, -0.25) is 0 Å². The summed E-state index contributed by atoms with van der Waals surface area (Å²) in [7, 11) is 0. The topological polar surface area (TPSA) is 51.8 Å². The van der Waals surface area contributed by atoms with Crippen molar-refractivity contribution in [2.75, 3.05) is 5.73 Å². The summed E-state index contributed by atoms with van der Waals surface area (Å²) in [6.45, 7) is 0. The summed E-state index contributed by atoms with van der Waals surface area (Å²) in [5.74, 6) is 1.74. The molecule has 0 unspecified atom stereocenters. The van der Waals surface area contributed by atoms with Crippen LogP contribution >= 0.6 is 11.6 Å². The van der Waals surface area contributed by atoms with Crippen molar-refractivity contribution >= 4 is 17.4 Å². The van der Waals surface area contributed by atoms with E-state index in [2.05, 4.69) is 9.97 Å². The average Bonchev–Trinajstić information content (AvgIpc) is 2.92. The SMILES string of the molecule is Nc1cc(C2CCCC2)nc(-c2cccc(Cl)c2)n1. The van der Waals surface area contributed by atoms with Crippen LogP contribution in [0.15, 0.2) is 30.3 Å². The molecule has 4 heteroatoms. The monoisotopic (exact) mass is 273 g/mol. The van der Waals surface area contributed by atoms with E-state index in [9.17, 15) is 0 Å². The van der Waals surface area contributed by atoms with Crippen molar-refractivity contribution < 1.29 is 0 Å². The number of benzene rings is 1. The fourth-order valence-corrected chi connectivity index (χ4v) is 2.86. The van der Waals surface area contributed by atoms with Gasteiger partial charge in [-0.05, 0) is 25.0 Å². The third kappa shape index (κ3) is 2.71. The molecule has 19 heavy (non-hydrogen) atoms. The number of hydrogen-bond donors (Lipinski definition) is 1. The number of hydrogen-bond acceptors (Lipinski definition) is 3. The van der Waals surface area contributed by atoms with Gasteiger partial charge in [0.2, 0.25) is 0 Å².